The molecule has 1 saturated heterocycles. The number of unbranched alkanes of at least 4 members (excludes halogenated alkanes) is 4. The third kappa shape index (κ3) is 4.18. The van der Waals surface area contributed by atoms with Gasteiger partial charge in [0.25, 0.3) is 0 Å². The highest BCUT2D eigenvalue weighted by atomic mass is 16.8. The summed E-state index contributed by atoms with van der Waals surface area (Å²) in [6, 6.07) is 0. The van der Waals surface area contributed by atoms with Crippen molar-refractivity contribution in [3.63, 3.8) is 0 Å². The Bertz CT molecular complexity index is 237. The smallest absolute Gasteiger partial charge is 0.429 e. The lowest BCUT2D eigenvalue weighted by atomic mass is 10.1. The zero-order valence-corrected chi connectivity index (χ0v) is 8.54. The third-order valence-electron chi connectivity index (χ3n) is 2.01. The van der Waals surface area contributed by atoms with Crippen molar-refractivity contribution >= 4 is 6.16 Å². The predicted molar refractivity (Wildman–Crippen MR) is 52.8 cm³/mol. The highest BCUT2D eigenvalue weighted by Crippen LogP contribution is 2.05. The van der Waals surface area contributed by atoms with Crippen LogP contribution in [0.15, 0.2) is 0 Å². The number of cyclic esters (lactones) is 2. The van der Waals surface area contributed by atoms with E-state index in [2.05, 4.69) is 23.5 Å². The topological polar surface area (TPSA) is 35.5 Å². The Balaban J connectivity index is 2.05. The molecular weight excluding hydrogens is 180 g/mol. The van der Waals surface area contributed by atoms with Crippen LogP contribution in [0.2, 0.25) is 0 Å². The first-order valence-corrected chi connectivity index (χ1v) is 5.14. The zero-order chi connectivity index (χ0) is 10.2. The van der Waals surface area contributed by atoms with Crippen molar-refractivity contribution in [1.82, 2.24) is 0 Å². The number of rotatable bonds is 4. The van der Waals surface area contributed by atoms with Crippen LogP contribution >= 0.6 is 0 Å². The summed E-state index contributed by atoms with van der Waals surface area (Å²) in [7, 11) is 0. The summed E-state index contributed by atoms with van der Waals surface area (Å²) >= 11 is 0. The van der Waals surface area contributed by atoms with Crippen molar-refractivity contribution < 1.29 is 14.3 Å². The van der Waals surface area contributed by atoms with Crippen LogP contribution in [0.4, 0.5) is 4.79 Å². The number of carbonyl (C=O) groups is 1. The van der Waals surface area contributed by atoms with Crippen molar-refractivity contribution in [2.45, 2.75) is 45.1 Å². The molecule has 1 aliphatic heterocycles. The fourth-order valence-corrected chi connectivity index (χ4v) is 1.23. The van der Waals surface area contributed by atoms with Crippen molar-refractivity contribution in [2.75, 3.05) is 6.61 Å². The average Bonchev–Trinajstić information content (AvgIpc) is 2.58. The molecule has 1 heterocycles. The molecule has 3 heteroatoms. The molecule has 14 heavy (non-hydrogen) atoms. The van der Waals surface area contributed by atoms with Gasteiger partial charge in [-0.05, 0) is 6.42 Å². The maximum atomic E-state index is 10.5. The van der Waals surface area contributed by atoms with Gasteiger partial charge in [-0.2, -0.15) is 0 Å². The van der Waals surface area contributed by atoms with Crippen LogP contribution in [0.25, 0.3) is 0 Å². The van der Waals surface area contributed by atoms with E-state index in [1.807, 2.05) is 0 Å². The summed E-state index contributed by atoms with van der Waals surface area (Å²) in [6.45, 7) is 2.46. The quantitative estimate of drug-likeness (QED) is 0.393. The lowest BCUT2D eigenvalue weighted by Gasteiger charge is -1.94. The maximum Gasteiger partial charge on any atom is 0.509 e. The molecule has 0 aliphatic carbocycles. The van der Waals surface area contributed by atoms with E-state index in [1.54, 1.807) is 0 Å². The van der Waals surface area contributed by atoms with E-state index in [4.69, 9.17) is 4.74 Å². The van der Waals surface area contributed by atoms with Crippen LogP contribution in [-0.4, -0.2) is 18.9 Å². The fourth-order valence-electron chi connectivity index (χ4n) is 1.23. The molecule has 0 radical (unpaired) electrons. The Morgan fingerprint density at radius 2 is 2.29 bits per heavy atom. The molecule has 0 saturated carbocycles. The maximum absolute atomic E-state index is 10.5. The summed E-state index contributed by atoms with van der Waals surface area (Å²) in [6.07, 6.45) is 4.80. The molecule has 1 atom stereocenters. The zero-order valence-electron chi connectivity index (χ0n) is 8.54. The van der Waals surface area contributed by atoms with Crippen molar-refractivity contribution in [1.29, 1.82) is 0 Å². The van der Waals surface area contributed by atoms with Crippen LogP contribution < -0.4 is 0 Å². The van der Waals surface area contributed by atoms with E-state index >= 15 is 0 Å². The van der Waals surface area contributed by atoms with Gasteiger partial charge in [0.2, 0.25) is 0 Å². The predicted octanol–water partition coefficient (Wildman–Crippen LogP) is 2.50. The molecule has 0 aromatic carbocycles. The Hall–Kier alpha value is -1.17. The lowest BCUT2D eigenvalue weighted by molar-refractivity contribution is 0.126. The van der Waals surface area contributed by atoms with E-state index in [9.17, 15) is 4.79 Å². The molecule has 78 valence electrons. The molecule has 0 aromatic rings. The van der Waals surface area contributed by atoms with Gasteiger partial charge in [0.1, 0.15) is 6.61 Å². The number of hydrogen-bond donors (Lipinski definition) is 0. The Kier molecular flexibility index (Phi) is 4.92. The highest BCUT2D eigenvalue weighted by molar-refractivity contribution is 5.62. The minimum atomic E-state index is -0.602. The molecule has 0 bridgehead atoms. The third-order valence-corrected chi connectivity index (χ3v) is 2.01. The van der Waals surface area contributed by atoms with E-state index in [0.717, 1.165) is 12.8 Å². The first-order valence-electron chi connectivity index (χ1n) is 5.14. The molecule has 1 fully saturated rings. The van der Waals surface area contributed by atoms with Crippen LogP contribution in [0.5, 0.6) is 0 Å². The van der Waals surface area contributed by atoms with Crippen LogP contribution in [-0.2, 0) is 9.47 Å². The molecular formula is C11H16O3. The Morgan fingerprint density at radius 3 is 2.93 bits per heavy atom. The van der Waals surface area contributed by atoms with Crippen LogP contribution in [0.3, 0.4) is 0 Å². The number of carbonyl (C=O) groups excluding carboxylic acids is 1. The van der Waals surface area contributed by atoms with Gasteiger partial charge in [0, 0.05) is 6.42 Å². The summed E-state index contributed by atoms with van der Waals surface area (Å²) in [5, 5.41) is 0. The van der Waals surface area contributed by atoms with E-state index in [0.29, 0.717) is 0 Å². The standard InChI is InChI=1S/C11H16O3/c1-2-3-4-5-6-7-8-10-9-13-11(12)14-10/h10H,2-6,9H2,1H3/t10-/m0/s1. The summed E-state index contributed by atoms with van der Waals surface area (Å²) in [4.78, 5) is 10.5. The van der Waals surface area contributed by atoms with Crippen molar-refractivity contribution in [3.8, 4) is 11.8 Å². The minimum absolute atomic E-state index is 0.279. The summed E-state index contributed by atoms with van der Waals surface area (Å²) in [5.41, 5.74) is 0. The molecule has 0 amide bonds. The molecule has 1 rings (SSSR count). The number of hydrogen-bond acceptors (Lipinski definition) is 3. The normalized spacial score (nSPS) is 19.5. The second-order valence-electron chi connectivity index (χ2n) is 3.30. The van der Waals surface area contributed by atoms with Gasteiger partial charge >= 0.3 is 6.16 Å². The van der Waals surface area contributed by atoms with Gasteiger partial charge in [-0.15, -0.1) is 0 Å². The van der Waals surface area contributed by atoms with E-state index in [1.165, 1.54) is 19.3 Å². The second kappa shape index (κ2) is 6.31. The summed E-state index contributed by atoms with van der Waals surface area (Å²) < 4.78 is 9.35. The van der Waals surface area contributed by atoms with Gasteiger partial charge in [0.05, 0.1) is 0 Å². The number of ether oxygens (including phenoxy) is 2. The second-order valence-corrected chi connectivity index (χ2v) is 3.30. The SMILES string of the molecule is CCCCCCC#C[C@H]1COC(=O)O1. The molecule has 0 aromatic heterocycles. The Morgan fingerprint density at radius 1 is 1.43 bits per heavy atom. The van der Waals surface area contributed by atoms with Gasteiger partial charge in [0.15, 0.2) is 6.10 Å². The van der Waals surface area contributed by atoms with Gasteiger partial charge < -0.3 is 9.47 Å². The summed E-state index contributed by atoms with van der Waals surface area (Å²) in [5.74, 6) is 5.87. The first-order chi connectivity index (χ1) is 6.83. The molecule has 0 N–H and O–H groups in total. The molecule has 1 aliphatic rings. The van der Waals surface area contributed by atoms with Crippen molar-refractivity contribution in [2.24, 2.45) is 0 Å². The lowest BCUT2D eigenvalue weighted by Crippen LogP contribution is -2.05. The highest BCUT2D eigenvalue weighted by Gasteiger charge is 2.22. The molecule has 3 nitrogen and oxygen atoms in total. The monoisotopic (exact) mass is 196 g/mol. The van der Waals surface area contributed by atoms with Gasteiger partial charge in [-0.25, -0.2) is 4.79 Å². The van der Waals surface area contributed by atoms with Crippen LogP contribution in [0, 0.1) is 11.8 Å². The van der Waals surface area contributed by atoms with Crippen molar-refractivity contribution in [3.05, 3.63) is 0 Å². The molecule has 0 unspecified atom stereocenters. The average molecular weight is 196 g/mol. The Labute approximate surface area is 84.8 Å². The van der Waals surface area contributed by atoms with Gasteiger partial charge in [-0.3, -0.25) is 0 Å². The van der Waals surface area contributed by atoms with E-state index < -0.39 is 6.16 Å². The first kappa shape index (κ1) is 10.9. The largest absolute Gasteiger partial charge is 0.509 e. The van der Waals surface area contributed by atoms with Crippen LogP contribution in [0.1, 0.15) is 39.0 Å². The van der Waals surface area contributed by atoms with Gasteiger partial charge in [-0.1, -0.05) is 38.0 Å². The fraction of sp³-hybridized carbons (Fsp3) is 0.727. The molecule has 0 spiro atoms. The minimum Gasteiger partial charge on any atom is -0.429 e. The van der Waals surface area contributed by atoms with E-state index in [-0.39, 0.29) is 12.7 Å².